The molecule has 5 nitrogen and oxygen atoms in total. The van der Waals surface area contributed by atoms with Gasteiger partial charge in [0, 0.05) is 23.9 Å². The second-order valence-electron chi connectivity index (χ2n) is 8.04. The molecule has 2 N–H and O–H groups in total. The Bertz CT molecular complexity index is 982. The number of carbonyl (C=O) groups is 1. The second-order valence-corrected chi connectivity index (χ2v) is 11.3. The number of benzene rings is 2. The minimum atomic E-state index is -3.44. The van der Waals surface area contributed by atoms with Crippen molar-refractivity contribution in [2.24, 2.45) is 0 Å². The lowest BCUT2D eigenvalue weighted by Gasteiger charge is -2.13. The van der Waals surface area contributed by atoms with Crippen molar-refractivity contribution in [1.29, 1.82) is 0 Å². The Morgan fingerprint density at radius 1 is 1.13 bits per heavy atom. The van der Waals surface area contributed by atoms with Gasteiger partial charge in [0.2, 0.25) is 15.9 Å². The van der Waals surface area contributed by atoms with E-state index in [4.69, 9.17) is 0 Å². The Morgan fingerprint density at radius 2 is 1.83 bits per heavy atom. The first-order valence-electron chi connectivity index (χ1n) is 10.4. The van der Waals surface area contributed by atoms with Crippen molar-refractivity contribution in [3.05, 3.63) is 59.2 Å². The van der Waals surface area contributed by atoms with E-state index in [1.807, 2.05) is 30.8 Å². The molecule has 1 amide bonds. The molecule has 3 rings (SSSR count). The SMILES string of the molecule is Cc1c(CSC(C)C)cccc1NC(=O)CCc1ccc(S(=O)(=O)NC2CC2)cc1. The Kier molecular flexibility index (Phi) is 7.60. The van der Waals surface area contributed by atoms with Gasteiger partial charge in [-0.3, -0.25) is 4.79 Å². The van der Waals surface area contributed by atoms with Crippen LogP contribution < -0.4 is 10.0 Å². The molecule has 0 aliphatic heterocycles. The fourth-order valence-corrected chi connectivity index (χ4v) is 5.16. The van der Waals surface area contributed by atoms with E-state index in [-0.39, 0.29) is 16.8 Å². The summed E-state index contributed by atoms with van der Waals surface area (Å²) in [6.07, 6.45) is 2.72. The molecule has 0 bridgehead atoms. The summed E-state index contributed by atoms with van der Waals surface area (Å²) < 4.78 is 27.1. The Hall–Kier alpha value is -1.83. The fourth-order valence-electron chi connectivity index (χ4n) is 3.03. The number of anilines is 1. The molecule has 2 aromatic rings. The predicted molar refractivity (Wildman–Crippen MR) is 124 cm³/mol. The van der Waals surface area contributed by atoms with Gasteiger partial charge in [0.1, 0.15) is 0 Å². The van der Waals surface area contributed by atoms with Gasteiger partial charge in [0.05, 0.1) is 4.90 Å². The standard InChI is InChI=1S/C23H30N2O3S2/c1-16(2)29-15-19-5-4-6-22(17(19)3)24-23(26)14-9-18-7-12-21(13-8-18)30(27,28)25-20-10-11-20/h4-8,12-13,16,20,25H,9-11,14-15H2,1-3H3,(H,24,26). The molecule has 7 heteroatoms. The van der Waals surface area contributed by atoms with E-state index in [9.17, 15) is 13.2 Å². The van der Waals surface area contributed by atoms with Crippen molar-refractivity contribution < 1.29 is 13.2 Å². The van der Waals surface area contributed by atoms with E-state index in [0.29, 0.717) is 18.1 Å². The topological polar surface area (TPSA) is 75.3 Å². The molecule has 0 heterocycles. The number of carbonyl (C=O) groups excluding carboxylic acids is 1. The lowest BCUT2D eigenvalue weighted by atomic mass is 10.1. The van der Waals surface area contributed by atoms with Crippen LogP contribution in [0.5, 0.6) is 0 Å². The van der Waals surface area contributed by atoms with E-state index in [2.05, 4.69) is 30.0 Å². The third-order valence-electron chi connectivity index (χ3n) is 5.07. The van der Waals surface area contributed by atoms with E-state index < -0.39 is 10.0 Å². The third-order valence-corrected chi connectivity index (χ3v) is 7.75. The first kappa shape index (κ1) is 22.8. The van der Waals surface area contributed by atoms with Crippen molar-refractivity contribution in [3.63, 3.8) is 0 Å². The summed E-state index contributed by atoms with van der Waals surface area (Å²) in [7, 11) is -3.44. The first-order chi connectivity index (χ1) is 14.2. The third kappa shape index (κ3) is 6.59. The van der Waals surface area contributed by atoms with E-state index in [1.165, 1.54) is 5.56 Å². The largest absolute Gasteiger partial charge is 0.326 e. The molecule has 1 aliphatic rings. The molecule has 1 saturated carbocycles. The van der Waals surface area contributed by atoms with Crippen LogP contribution in [0.3, 0.4) is 0 Å². The zero-order valence-electron chi connectivity index (χ0n) is 17.8. The number of rotatable bonds is 10. The monoisotopic (exact) mass is 446 g/mol. The Balaban J connectivity index is 1.54. The number of thioether (sulfide) groups is 1. The molecular weight excluding hydrogens is 416 g/mol. The van der Waals surface area contributed by atoms with Crippen LogP contribution in [0.2, 0.25) is 0 Å². The summed E-state index contributed by atoms with van der Waals surface area (Å²) in [6.45, 7) is 6.40. The highest BCUT2D eigenvalue weighted by Crippen LogP contribution is 2.25. The van der Waals surface area contributed by atoms with Gasteiger partial charge < -0.3 is 5.32 Å². The number of sulfonamides is 1. The maximum Gasteiger partial charge on any atom is 0.240 e. The molecular formula is C23H30N2O3S2. The predicted octanol–water partition coefficient (Wildman–Crippen LogP) is 4.65. The van der Waals surface area contributed by atoms with Crippen molar-refractivity contribution in [2.75, 3.05) is 5.32 Å². The lowest BCUT2D eigenvalue weighted by molar-refractivity contribution is -0.116. The summed E-state index contributed by atoms with van der Waals surface area (Å²) >= 11 is 1.88. The highest BCUT2D eigenvalue weighted by molar-refractivity contribution is 7.99. The Morgan fingerprint density at radius 3 is 2.47 bits per heavy atom. The van der Waals surface area contributed by atoms with Gasteiger partial charge in [-0.25, -0.2) is 13.1 Å². The summed E-state index contributed by atoms with van der Waals surface area (Å²) in [5, 5.41) is 3.58. The lowest BCUT2D eigenvalue weighted by Crippen LogP contribution is -2.25. The van der Waals surface area contributed by atoms with Gasteiger partial charge in [-0.1, -0.05) is 38.1 Å². The molecule has 0 spiro atoms. The first-order valence-corrected chi connectivity index (χ1v) is 12.9. The Labute approximate surface area is 184 Å². The zero-order chi connectivity index (χ0) is 21.7. The summed E-state index contributed by atoms with van der Waals surface area (Å²) in [4.78, 5) is 12.7. The molecule has 0 saturated heterocycles. The number of aryl methyl sites for hydroxylation is 1. The van der Waals surface area contributed by atoms with Crippen molar-refractivity contribution in [1.82, 2.24) is 4.72 Å². The molecule has 1 fully saturated rings. The average molecular weight is 447 g/mol. The van der Waals surface area contributed by atoms with Crippen molar-refractivity contribution in [2.45, 2.75) is 68.4 Å². The number of nitrogens with one attached hydrogen (secondary N) is 2. The zero-order valence-corrected chi connectivity index (χ0v) is 19.4. The van der Waals surface area contributed by atoms with Gasteiger partial charge in [-0.05, 0) is 66.3 Å². The summed E-state index contributed by atoms with van der Waals surface area (Å²) in [5.74, 6) is 0.886. The number of hydrogen-bond acceptors (Lipinski definition) is 4. The maximum atomic E-state index is 12.4. The van der Waals surface area contributed by atoms with Gasteiger partial charge in [0.25, 0.3) is 0 Å². The van der Waals surface area contributed by atoms with Crippen LogP contribution in [0, 0.1) is 6.92 Å². The maximum absolute atomic E-state index is 12.4. The van der Waals surface area contributed by atoms with Gasteiger partial charge in [-0.15, -0.1) is 0 Å². The second kappa shape index (κ2) is 9.98. The number of amides is 1. The molecule has 0 aromatic heterocycles. The van der Waals surface area contributed by atoms with Crippen LogP contribution in [0.25, 0.3) is 0 Å². The van der Waals surface area contributed by atoms with Crippen LogP contribution in [-0.2, 0) is 27.0 Å². The van der Waals surface area contributed by atoms with Crippen LogP contribution >= 0.6 is 11.8 Å². The van der Waals surface area contributed by atoms with Gasteiger partial charge in [-0.2, -0.15) is 11.8 Å². The highest BCUT2D eigenvalue weighted by Gasteiger charge is 2.27. The van der Waals surface area contributed by atoms with Crippen LogP contribution in [0.4, 0.5) is 5.69 Å². The van der Waals surface area contributed by atoms with E-state index >= 15 is 0 Å². The fraction of sp³-hybridized carbons (Fsp3) is 0.435. The van der Waals surface area contributed by atoms with Crippen LogP contribution in [0.15, 0.2) is 47.4 Å². The smallest absolute Gasteiger partial charge is 0.240 e. The molecule has 0 radical (unpaired) electrons. The van der Waals surface area contributed by atoms with E-state index in [1.54, 1.807) is 24.3 Å². The van der Waals surface area contributed by atoms with Gasteiger partial charge in [0.15, 0.2) is 0 Å². The number of hydrogen-bond donors (Lipinski definition) is 2. The normalized spacial score (nSPS) is 14.1. The average Bonchev–Trinajstić information content (AvgIpc) is 3.50. The van der Waals surface area contributed by atoms with Crippen molar-refractivity contribution in [3.8, 4) is 0 Å². The molecule has 162 valence electrons. The quantitative estimate of drug-likeness (QED) is 0.557. The molecule has 30 heavy (non-hydrogen) atoms. The molecule has 0 unspecified atom stereocenters. The van der Waals surface area contributed by atoms with Gasteiger partial charge >= 0.3 is 0 Å². The molecule has 0 atom stereocenters. The molecule has 2 aromatic carbocycles. The minimum absolute atomic E-state index is 0.0427. The minimum Gasteiger partial charge on any atom is -0.326 e. The highest BCUT2D eigenvalue weighted by atomic mass is 32.2. The summed E-state index contributed by atoms with van der Waals surface area (Å²) in [5.41, 5.74) is 4.14. The van der Waals surface area contributed by atoms with Crippen molar-refractivity contribution >= 4 is 33.4 Å². The van der Waals surface area contributed by atoms with Crippen LogP contribution in [0.1, 0.15) is 49.8 Å². The van der Waals surface area contributed by atoms with Crippen LogP contribution in [-0.4, -0.2) is 25.6 Å². The van der Waals surface area contributed by atoms with E-state index in [0.717, 1.165) is 35.4 Å². The molecule has 1 aliphatic carbocycles. The summed E-state index contributed by atoms with van der Waals surface area (Å²) in [6, 6.07) is 12.9.